The SMILES string of the molecule is Cc1cccc(CN(CCc2ccccc2)S(=O)(=O)C2C(C)NNC2C)n1. The second kappa shape index (κ2) is 8.48. The van der Waals surface area contributed by atoms with Crippen LogP contribution in [0.15, 0.2) is 48.5 Å². The third-order valence-corrected chi connectivity index (χ3v) is 7.54. The standard InChI is InChI=1S/C20H28N4O2S/c1-15-8-7-11-19(21-15)14-24(13-12-18-9-5-4-6-10-18)27(25,26)20-16(2)22-23-17(20)3/h4-11,16-17,20,22-23H,12-14H2,1-3H3. The molecule has 6 nitrogen and oxygen atoms in total. The minimum atomic E-state index is -3.51. The maximum atomic E-state index is 13.5. The molecule has 1 fully saturated rings. The van der Waals surface area contributed by atoms with Crippen molar-refractivity contribution in [2.75, 3.05) is 6.54 Å². The first-order valence-electron chi connectivity index (χ1n) is 9.34. The summed E-state index contributed by atoms with van der Waals surface area (Å²) in [5.74, 6) is 0. The molecule has 2 unspecified atom stereocenters. The van der Waals surface area contributed by atoms with Crippen LogP contribution in [0.1, 0.15) is 30.8 Å². The topological polar surface area (TPSA) is 74.3 Å². The van der Waals surface area contributed by atoms with Gasteiger partial charge in [-0.2, -0.15) is 4.31 Å². The van der Waals surface area contributed by atoms with Crippen molar-refractivity contribution in [2.45, 2.75) is 51.1 Å². The van der Waals surface area contributed by atoms with Gasteiger partial charge in [0.15, 0.2) is 0 Å². The van der Waals surface area contributed by atoms with Crippen LogP contribution in [0.25, 0.3) is 0 Å². The van der Waals surface area contributed by atoms with Crippen LogP contribution in [0.2, 0.25) is 0 Å². The maximum absolute atomic E-state index is 13.5. The predicted molar refractivity (Wildman–Crippen MR) is 107 cm³/mol. The second-order valence-electron chi connectivity index (χ2n) is 7.22. The number of rotatable bonds is 7. The molecule has 2 heterocycles. The smallest absolute Gasteiger partial charge is 0.220 e. The second-order valence-corrected chi connectivity index (χ2v) is 9.31. The molecule has 7 heteroatoms. The van der Waals surface area contributed by atoms with Gasteiger partial charge in [-0.15, -0.1) is 0 Å². The lowest BCUT2D eigenvalue weighted by Crippen LogP contribution is -2.47. The summed E-state index contributed by atoms with van der Waals surface area (Å²) in [7, 11) is -3.51. The Bertz CT molecular complexity index is 847. The van der Waals surface area contributed by atoms with Crippen LogP contribution < -0.4 is 10.9 Å². The van der Waals surface area contributed by atoms with E-state index in [1.165, 1.54) is 0 Å². The molecule has 1 aromatic carbocycles. The highest BCUT2D eigenvalue weighted by atomic mass is 32.2. The summed E-state index contributed by atoms with van der Waals surface area (Å²) in [4.78, 5) is 4.51. The lowest BCUT2D eigenvalue weighted by Gasteiger charge is -2.28. The Labute approximate surface area is 162 Å². The molecule has 0 saturated carbocycles. The van der Waals surface area contributed by atoms with E-state index in [1.54, 1.807) is 4.31 Å². The van der Waals surface area contributed by atoms with E-state index < -0.39 is 15.3 Å². The predicted octanol–water partition coefficient (Wildman–Crippen LogP) is 2.02. The van der Waals surface area contributed by atoms with E-state index >= 15 is 0 Å². The molecule has 0 amide bonds. The molecule has 3 rings (SSSR count). The molecule has 0 bridgehead atoms. The monoisotopic (exact) mass is 388 g/mol. The number of hydrazine groups is 1. The molecular formula is C20H28N4O2S. The Morgan fingerprint density at radius 1 is 1.00 bits per heavy atom. The van der Waals surface area contributed by atoms with Gasteiger partial charge in [0.25, 0.3) is 0 Å². The molecular weight excluding hydrogens is 360 g/mol. The van der Waals surface area contributed by atoms with Crippen LogP contribution in [0, 0.1) is 6.92 Å². The highest BCUT2D eigenvalue weighted by molar-refractivity contribution is 7.89. The Morgan fingerprint density at radius 3 is 2.30 bits per heavy atom. The van der Waals surface area contributed by atoms with Gasteiger partial charge in [0.2, 0.25) is 10.0 Å². The number of aromatic nitrogens is 1. The number of sulfonamides is 1. The first kappa shape index (κ1) is 19.9. The van der Waals surface area contributed by atoms with Gasteiger partial charge in [0, 0.05) is 24.3 Å². The molecule has 27 heavy (non-hydrogen) atoms. The Balaban J connectivity index is 1.86. The molecule has 0 spiro atoms. The Kier molecular flexibility index (Phi) is 6.26. The summed E-state index contributed by atoms with van der Waals surface area (Å²) < 4.78 is 28.6. The van der Waals surface area contributed by atoms with Crippen LogP contribution in [0.3, 0.4) is 0 Å². The molecule has 2 N–H and O–H groups in total. The largest absolute Gasteiger partial charge is 0.257 e. The minimum absolute atomic E-state index is 0.158. The summed E-state index contributed by atoms with van der Waals surface area (Å²) in [6, 6.07) is 15.4. The molecule has 0 radical (unpaired) electrons. The van der Waals surface area contributed by atoms with Crippen molar-refractivity contribution >= 4 is 10.0 Å². The van der Waals surface area contributed by atoms with Crippen LogP contribution in [0.5, 0.6) is 0 Å². The first-order chi connectivity index (χ1) is 12.9. The minimum Gasteiger partial charge on any atom is -0.257 e. The van der Waals surface area contributed by atoms with Gasteiger partial charge >= 0.3 is 0 Å². The molecule has 1 aromatic heterocycles. The number of nitrogens with one attached hydrogen (secondary N) is 2. The maximum Gasteiger partial charge on any atom is 0.220 e. The third-order valence-electron chi connectivity index (χ3n) is 5.01. The average Bonchev–Trinajstić information content (AvgIpc) is 2.98. The fourth-order valence-corrected chi connectivity index (χ4v) is 5.78. The van der Waals surface area contributed by atoms with E-state index in [0.29, 0.717) is 13.0 Å². The fraction of sp³-hybridized carbons (Fsp3) is 0.450. The van der Waals surface area contributed by atoms with Gasteiger partial charge in [-0.3, -0.25) is 15.8 Å². The van der Waals surface area contributed by atoms with E-state index in [9.17, 15) is 8.42 Å². The highest BCUT2D eigenvalue weighted by Gasteiger charge is 2.43. The summed E-state index contributed by atoms with van der Waals surface area (Å²) in [6.07, 6.45) is 0.669. The summed E-state index contributed by atoms with van der Waals surface area (Å²) in [5.41, 5.74) is 8.89. The highest BCUT2D eigenvalue weighted by Crippen LogP contribution is 2.22. The molecule has 1 saturated heterocycles. The Morgan fingerprint density at radius 2 is 1.67 bits per heavy atom. The summed E-state index contributed by atoms with van der Waals surface area (Å²) in [6.45, 7) is 6.43. The lowest BCUT2D eigenvalue weighted by atomic mass is 10.1. The van der Waals surface area contributed by atoms with E-state index in [-0.39, 0.29) is 18.6 Å². The van der Waals surface area contributed by atoms with Gasteiger partial charge < -0.3 is 0 Å². The first-order valence-corrected chi connectivity index (χ1v) is 10.8. The zero-order valence-electron chi connectivity index (χ0n) is 16.1. The van der Waals surface area contributed by atoms with Gasteiger partial charge in [-0.05, 0) is 44.9 Å². The van der Waals surface area contributed by atoms with Crippen molar-refractivity contribution in [1.29, 1.82) is 0 Å². The van der Waals surface area contributed by atoms with Crippen molar-refractivity contribution in [3.8, 4) is 0 Å². The third kappa shape index (κ3) is 4.73. The van der Waals surface area contributed by atoms with Crippen molar-refractivity contribution in [1.82, 2.24) is 20.1 Å². The number of benzene rings is 1. The lowest BCUT2D eigenvalue weighted by molar-refractivity contribution is 0.392. The van der Waals surface area contributed by atoms with E-state index in [2.05, 4.69) is 15.8 Å². The molecule has 0 aliphatic carbocycles. The summed E-state index contributed by atoms with van der Waals surface area (Å²) in [5, 5.41) is -0.516. The van der Waals surface area contributed by atoms with Crippen molar-refractivity contribution in [2.24, 2.45) is 0 Å². The molecule has 1 aliphatic heterocycles. The van der Waals surface area contributed by atoms with Crippen molar-refractivity contribution in [3.63, 3.8) is 0 Å². The van der Waals surface area contributed by atoms with Gasteiger partial charge in [-0.25, -0.2) is 8.42 Å². The van der Waals surface area contributed by atoms with Crippen LogP contribution in [-0.4, -0.2) is 41.6 Å². The van der Waals surface area contributed by atoms with Crippen LogP contribution in [-0.2, 0) is 23.0 Å². The van der Waals surface area contributed by atoms with Gasteiger partial charge in [0.1, 0.15) is 5.25 Å². The van der Waals surface area contributed by atoms with Crippen molar-refractivity contribution in [3.05, 3.63) is 65.5 Å². The average molecular weight is 389 g/mol. The Hall–Kier alpha value is -1.80. The van der Waals surface area contributed by atoms with Gasteiger partial charge in [0.05, 0.1) is 12.2 Å². The molecule has 1 aliphatic rings. The zero-order chi connectivity index (χ0) is 19.4. The molecule has 2 aromatic rings. The van der Waals surface area contributed by atoms with Crippen LogP contribution in [0.4, 0.5) is 0 Å². The van der Waals surface area contributed by atoms with E-state index in [1.807, 2.05) is 69.3 Å². The summed E-state index contributed by atoms with van der Waals surface area (Å²) >= 11 is 0. The number of aryl methyl sites for hydroxylation is 1. The number of pyridine rings is 1. The van der Waals surface area contributed by atoms with E-state index in [0.717, 1.165) is 17.0 Å². The van der Waals surface area contributed by atoms with E-state index in [4.69, 9.17) is 0 Å². The van der Waals surface area contributed by atoms with Gasteiger partial charge in [-0.1, -0.05) is 36.4 Å². The number of hydrogen-bond acceptors (Lipinski definition) is 5. The fourth-order valence-electron chi connectivity index (χ4n) is 3.61. The number of nitrogens with zero attached hydrogens (tertiary/aromatic N) is 2. The number of hydrogen-bond donors (Lipinski definition) is 2. The molecule has 2 atom stereocenters. The van der Waals surface area contributed by atoms with Crippen LogP contribution >= 0.6 is 0 Å². The quantitative estimate of drug-likeness (QED) is 0.759. The molecule has 146 valence electrons. The normalized spacial score (nSPS) is 23.0. The van der Waals surface area contributed by atoms with Crippen molar-refractivity contribution < 1.29 is 8.42 Å². The zero-order valence-corrected chi connectivity index (χ0v) is 16.9.